The summed E-state index contributed by atoms with van der Waals surface area (Å²) in [4.78, 5) is 0. The zero-order valence-electron chi connectivity index (χ0n) is 14.5. The van der Waals surface area contributed by atoms with Gasteiger partial charge in [0.1, 0.15) is 5.82 Å². The third-order valence-electron chi connectivity index (χ3n) is 4.62. The molecule has 2 aromatic rings. The quantitative estimate of drug-likeness (QED) is 0.528. The Hall–Kier alpha value is -1.36. The smallest absolute Gasteiger partial charge is 0.407 e. The highest BCUT2D eigenvalue weighted by Gasteiger charge is 2.28. The third-order valence-corrected chi connectivity index (χ3v) is 4.92. The van der Waals surface area contributed by atoms with E-state index in [9.17, 15) is 4.39 Å². The van der Waals surface area contributed by atoms with Gasteiger partial charge in [-0.2, -0.15) is 0 Å². The van der Waals surface area contributed by atoms with Gasteiger partial charge in [-0.05, 0) is 35.1 Å². The van der Waals surface area contributed by atoms with E-state index in [1.807, 2.05) is 30.3 Å². The van der Waals surface area contributed by atoms with Crippen molar-refractivity contribution >= 4 is 24.2 Å². The monoisotopic (exact) mass is 360 g/mol. The van der Waals surface area contributed by atoms with Crippen LogP contribution in [0.4, 0.5) is 4.39 Å². The van der Waals surface area contributed by atoms with E-state index in [0.29, 0.717) is 5.92 Å². The summed E-state index contributed by atoms with van der Waals surface area (Å²) in [5.74, 6) is 0.0930. The van der Waals surface area contributed by atoms with E-state index in [2.05, 4.69) is 6.92 Å². The zero-order valence-corrected chi connectivity index (χ0v) is 15.3. The van der Waals surface area contributed by atoms with E-state index in [1.54, 1.807) is 6.07 Å². The summed E-state index contributed by atoms with van der Waals surface area (Å²) >= 11 is 5.74. The fraction of sp³-hybridized carbons (Fsp3) is 0.400. The number of benzene rings is 2. The van der Waals surface area contributed by atoms with Crippen LogP contribution in [0.1, 0.15) is 32.6 Å². The van der Waals surface area contributed by atoms with E-state index in [-0.39, 0.29) is 12.1 Å². The molecule has 1 heterocycles. The molecule has 0 bridgehead atoms. The molecule has 5 heteroatoms. The van der Waals surface area contributed by atoms with Crippen LogP contribution in [-0.2, 0) is 9.31 Å². The van der Waals surface area contributed by atoms with Crippen molar-refractivity contribution in [2.45, 2.75) is 32.6 Å². The lowest BCUT2D eigenvalue weighted by Crippen LogP contribution is -2.44. The molecule has 0 spiro atoms. The summed E-state index contributed by atoms with van der Waals surface area (Å²) in [5, 5.41) is 0.137. The first kappa shape index (κ1) is 18.4. The molecule has 132 valence electrons. The Balaban J connectivity index is 1.59. The molecule has 0 unspecified atom stereocenters. The standard InChI is InChI=1S/C20H23BClFO2/c1-2-3-4-5-15-13-24-21(25-14-15)18-9-6-16(7-10-18)17-8-11-19(22)20(23)12-17/h6-12,15H,2-5,13-14H2,1H3. The number of hydrogen-bond acceptors (Lipinski definition) is 2. The minimum atomic E-state index is -0.406. The van der Waals surface area contributed by atoms with Gasteiger partial charge in [0, 0.05) is 19.1 Å². The lowest BCUT2D eigenvalue weighted by atomic mass is 9.76. The maximum Gasteiger partial charge on any atom is 0.493 e. The van der Waals surface area contributed by atoms with Crippen molar-refractivity contribution in [2.75, 3.05) is 13.2 Å². The van der Waals surface area contributed by atoms with Gasteiger partial charge < -0.3 is 9.31 Å². The van der Waals surface area contributed by atoms with Crippen LogP contribution in [0.15, 0.2) is 42.5 Å². The minimum absolute atomic E-state index is 0.137. The first-order valence-corrected chi connectivity index (χ1v) is 9.33. The molecule has 0 aromatic heterocycles. The van der Waals surface area contributed by atoms with Gasteiger partial charge in [-0.25, -0.2) is 4.39 Å². The van der Waals surface area contributed by atoms with Gasteiger partial charge >= 0.3 is 7.12 Å². The Bertz CT molecular complexity index is 685. The molecule has 0 aliphatic carbocycles. The van der Waals surface area contributed by atoms with E-state index >= 15 is 0 Å². The molecule has 0 amide bonds. The van der Waals surface area contributed by atoms with Gasteiger partial charge in [0.2, 0.25) is 0 Å². The summed E-state index contributed by atoms with van der Waals surface area (Å²) in [6.07, 6.45) is 4.92. The second kappa shape index (κ2) is 8.84. The summed E-state index contributed by atoms with van der Waals surface area (Å²) < 4.78 is 25.4. The van der Waals surface area contributed by atoms with E-state index in [4.69, 9.17) is 20.9 Å². The summed E-state index contributed by atoms with van der Waals surface area (Å²) in [5.41, 5.74) is 2.73. The second-order valence-corrected chi connectivity index (χ2v) is 7.02. The number of halogens is 2. The Kier molecular flexibility index (Phi) is 6.52. The number of hydrogen-bond donors (Lipinski definition) is 0. The molecule has 0 atom stereocenters. The van der Waals surface area contributed by atoms with E-state index < -0.39 is 5.82 Å². The Morgan fingerprint density at radius 2 is 1.72 bits per heavy atom. The van der Waals surface area contributed by atoms with Crippen LogP contribution in [0.3, 0.4) is 0 Å². The molecule has 0 N–H and O–H groups in total. The molecule has 1 aliphatic heterocycles. The zero-order chi connectivity index (χ0) is 17.6. The molecule has 2 aromatic carbocycles. The topological polar surface area (TPSA) is 18.5 Å². The van der Waals surface area contributed by atoms with Gasteiger partial charge in [0.05, 0.1) is 5.02 Å². The molecule has 1 fully saturated rings. The Morgan fingerprint density at radius 1 is 1.04 bits per heavy atom. The highest BCUT2D eigenvalue weighted by atomic mass is 35.5. The van der Waals surface area contributed by atoms with Crippen molar-refractivity contribution in [3.05, 3.63) is 53.3 Å². The van der Waals surface area contributed by atoms with Crippen molar-refractivity contribution in [3.8, 4) is 11.1 Å². The van der Waals surface area contributed by atoms with Crippen LogP contribution in [-0.4, -0.2) is 20.3 Å². The second-order valence-electron chi connectivity index (χ2n) is 6.61. The molecule has 2 nitrogen and oxygen atoms in total. The van der Waals surface area contributed by atoms with Crippen LogP contribution in [0.5, 0.6) is 0 Å². The molecule has 25 heavy (non-hydrogen) atoms. The highest BCUT2D eigenvalue weighted by Crippen LogP contribution is 2.24. The van der Waals surface area contributed by atoms with Gasteiger partial charge in [-0.15, -0.1) is 0 Å². The molecule has 0 radical (unpaired) electrons. The van der Waals surface area contributed by atoms with Crippen molar-refractivity contribution < 1.29 is 13.7 Å². The molecule has 1 saturated heterocycles. The molecule has 1 aliphatic rings. The van der Waals surface area contributed by atoms with E-state index in [1.165, 1.54) is 31.7 Å². The van der Waals surface area contributed by atoms with Crippen LogP contribution in [0.2, 0.25) is 5.02 Å². The van der Waals surface area contributed by atoms with E-state index in [0.717, 1.165) is 29.8 Å². The average molecular weight is 361 g/mol. The van der Waals surface area contributed by atoms with Crippen LogP contribution < -0.4 is 5.46 Å². The molecule has 0 saturated carbocycles. The largest absolute Gasteiger partial charge is 0.493 e. The van der Waals surface area contributed by atoms with Crippen LogP contribution in [0.25, 0.3) is 11.1 Å². The van der Waals surface area contributed by atoms with Crippen molar-refractivity contribution in [1.82, 2.24) is 0 Å². The van der Waals surface area contributed by atoms with Crippen molar-refractivity contribution in [3.63, 3.8) is 0 Å². The lowest BCUT2D eigenvalue weighted by Gasteiger charge is -2.27. The number of rotatable bonds is 6. The molecule has 3 rings (SSSR count). The first-order chi connectivity index (χ1) is 12.2. The third kappa shape index (κ3) is 4.84. The average Bonchev–Trinajstić information content (AvgIpc) is 2.65. The maximum atomic E-state index is 13.6. The highest BCUT2D eigenvalue weighted by molar-refractivity contribution is 6.61. The predicted molar refractivity (Wildman–Crippen MR) is 102 cm³/mol. The van der Waals surface area contributed by atoms with Gasteiger partial charge in [-0.3, -0.25) is 0 Å². The van der Waals surface area contributed by atoms with Gasteiger partial charge in [-0.1, -0.05) is 68.1 Å². The maximum absolute atomic E-state index is 13.6. The van der Waals surface area contributed by atoms with Gasteiger partial charge in [0.25, 0.3) is 0 Å². The summed E-state index contributed by atoms with van der Waals surface area (Å²) in [6, 6.07) is 12.7. The summed E-state index contributed by atoms with van der Waals surface area (Å²) in [6.45, 7) is 3.71. The number of unbranched alkanes of at least 4 members (excludes halogenated alkanes) is 2. The van der Waals surface area contributed by atoms with Crippen molar-refractivity contribution in [2.24, 2.45) is 5.92 Å². The first-order valence-electron chi connectivity index (χ1n) is 8.96. The Morgan fingerprint density at radius 3 is 2.36 bits per heavy atom. The fourth-order valence-corrected chi connectivity index (χ4v) is 3.21. The lowest BCUT2D eigenvalue weighted by molar-refractivity contribution is 0.0811. The van der Waals surface area contributed by atoms with Gasteiger partial charge in [0.15, 0.2) is 0 Å². The fourth-order valence-electron chi connectivity index (χ4n) is 3.09. The summed E-state index contributed by atoms with van der Waals surface area (Å²) in [7, 11) is -0.307. The SMILES string of the molecule is CCCCCC1COB(c2ccc(-c3ccc(Cl)c(F)c3)cc2)OC1. The normalized spacial score (nSPS) is 15.6. The van der Waals surface area contributed by atoms with Crippen molar-refractivity contribution in [1.29, 1.82) is 0 Å². The van der Waals surface area contributed by atoms with Crippen LogP contribution in [0, 0.1) is 11.7 Å². The molecular weight excluding hydrogens is 337 g/mol. The Labute approximate surface area is 154 Å². The minimum Gasteiger partial charge on any atom is -0.407 e. The predicted octanol–water partition coefficient (Wildman–Crippen LogP) is 5.08. The molecular formula is C20H23BClFO2. The van der Waals surface area contributed by atoms with Crippen LogP contribution >= 0.6 is 11.6 Å².